The molecule has 4 heteroatoms. The summed E-state index contributed by atoms with van der Waals surface area (Å²) in [4.78, 5) is 14.7. The fraction of sp³-hybridized carbons (Fsp3) is 0.136. The molecule has 3 aromatic carbocycles. The number of carbonyl (C=O) groups is 1. The van der Waals surface area contributed by atoms with E-state index in [1.807, 2.05) is 24.3 Å². The van der Waals surface area contributed by atoms with Crippen molar-refractivity contribution < 1.29 is 9.18 Å². The molecule has 1 amide bonds. The van der Waals surface area contributed by atoms with E-state index >= 15 is 0 Å². The maximum Gasteiger partial charge on any atom is 0.255 e. The van der Waals surface area contributed by atoms with Gasteiger partial charge in [-0.1, -0.05) is 36.4 Å². The van der Waals surface area contributed by atoms with Gasteiger partial charge >= 0.3 is 0 Å². The van der Waals surface area contributed by atoms with E-state index in [-0.39, 0.29) is 11.7 Å². The Morgan fingerprint density at radius 2 is 1.81 bits per heavy atom. The number of rotatable bonds is 4. The Morgan fingerprint density at radius 3 is 2.62 bits per heavy atom. The molecule has 130 valence electrons. The number of anilines is 2. The highest BCUT2D eigenvalue weighted by atomic mass is 19.1. The molecule has 3 aromatic rings. The lowest BCUT2D eigenvalue weighted by molar-refractivity contribution is 0.102. The normalized spacial score (nSPS) is 12.7. The number of halogens is 1. The van der Waals surface area contributed by atoms with Crippen molar-refractivity contribution in [1.82, 2.24) is 0 Å². The van der Waals surface area contributed by atoms with Gasteiger partial charge in [0.25, 0.3) is 5.91 Å². The van der Waals surface area contributed by atoms with Crippen molar-refractivity contribution in [1.29, 1.82) is 0 Å². The second-order valence-electron chi connectivity index (χ2n) is 6.46. The Hall–Kier alpha value is -3.14. The van der Waals surface area contributed by atoms with Gasteiger partial charge in [0.2, 0.25) is 0 Å². The number of carbonyl (C=O) groups excluding carboxylic acids is 1. The van der Waals surface area contributed by atoms with E-state index < -0.39 is 0 Å². The minimum Gasteiger partial charge on any atom is -0.367 e. The van der Waals surface area contributed by atoms with E-state index in [0.717, 1.165) is 25.1 Å². The lowest BCUT2D eigenvalue weighted by atomic mass is 10.1. The third-order valence-electron chi connectivity index (χ3n) is 4.66. The molecule has 4 rings (SSSR count). The molecule has 1 aliphatic heterocycles. The van der Waals surface area contributed by atoms with Crippen LogP contribution >= 0.6 is 0 Å². The van der Waals surface area contributed by atoms with Crippen molar-refractivity contribution in [3.8, 4) is 0 Å². The van der Waals surface area contributed by atoms with E-state index in [1.165, 1.54) is 23.4 Å². The molecule has 0 bridgehead atoms. The standard InChI is InChI=1S/C22H19FN2O/c23-19-5-3-6-20(14-19)24-22(26)18-10-8-16(9-11-18)15-25-13-12-17-4-1-2-7-21(17)25/h1-11,14H,12-13,15H2,(H,24,26). The van der Waals surface area contributed by atoms with Gasteiger partial charge in [0, 0.05) is 30.0 Å². The lowest BCUT2D eigenvalue weighted by Crippen LogP contribution is -2.19. The summed E-state index contributed by atoms with van der Waals surface area (Å²) in [5, 5.41) is 2.72. The minimum atomic E-state index is -0.371. The summed E-state index contributed by atoms with van der Waals surface area (Å²) in [7, 11) is 0. The first-order chi connectivity index (χ1) is 12.7. The van der Waals surface area contributed by atoms with Crippen molar-refractivity contribution in [3.63, 3.8) is 0 Å². The molecule has 0 atom stereocenters. The molecule has 0 saturated heterocycles. The van der Waals surface area contributed by atoms with E-state index in [9.17, 15) is 9.18 Å². The molecular weight excluding hydrogens is 327 g/mol. The Bertz CT molecular complexity index is 937. The van der Waals surface area contributed by atoms with Crippen LogP contribution in [0, 0.1) is 5.82 Å². The monoisotopic (exact) mass is 346 g/mol. The quantitative estimate of drug-likeness (QED) is 0.746. The molecule has 26 heavy (non-hydrogen) atoms. The second-order valence-corrected chi connectivity index (χ2v) is 6.46. The summed E-state index contributed by atoms with van der Waals surface area (Å²) in [6.07, 6.45) is 1.07. The fourth-order valence-electron chi connectivity index (χ4n) is 3.32. The average molecular weight is 346 g/mol. The third-order valence-corrected chi connectivity index (χ3v) is 4.66. The van der Waals surface area contributed by atoms with Crippen LogP contribution in [0.5, 0.6) is 0 Å². The van der Waals surface area contributed by atoms with Crippen molar-refractivity contribution in [2.75, 3.05) is 16.8 Å². The van der Waals surface area contributed by atoms with Crippen molar-refractivity contribution in [2.45, 2.75) is 13.0 Å². The second kappa shape index (κ2) is 7.00. The first kappa shape index (κ1) is 16.3. The summed E-state index contributed by atoms with van der Waals surface area (Å²) in [5.74, 6) is -0.613. The third kappa shape index (κ3) is 3.45. The molecule has 0 radical (unpaired) electrons. The summed E-state index contributed by atoms with van der Waals surface area (Å²) < 4.78 is 13.2. The predicted molar refractivity (Wildman–Crippen MR) is 102 cm³/mol. The fourth-order valence-corrected chi connectivity index (χ4v) is 3.32. The minimum absolute atomic E-state index is 0.242. The zero-order valence-electron chi connectivity index (χ0n) is 14.3. The Balaban J connectivity index is 1.43. The molecule has 0 aromatic heterocycles. The van der Waals surface area contributed by atoms with Crippen LogP contribution in [0.3, 0.4) is 0 Å². The smallest absolute Gasteiger partial charge is 0.255 e. The van der Waals surface area contributed by atoms with E-state index in [1.54, 1.807) is 12.1 Å². The van der Waals surface area contributed by atoms with Crippen LogP contribution in [0.4, 0.5) is 15.8 Å². The molecule has 1 heterocycles. The van der Waals surface area contributed by atoms with Crippen LogP contribution in [0.25, 0.3) is 0 Å². The van der Waals surface area contributed by atoms with Gasteiger partial charge in [-0.05, 0) is 53.9 Å². The number of benzene rings is 3. The van der Waals surface area contributed by atoms with Crippen molar-refractivity contribution >= 4 is 17.3 Å². The van der Waals surface area contributed by atoms with Crippen LogP contribution in [-0.4, -0.2) is 12.5 Å². The Morgan fingerprint density at radius 1 is 1.00 bits per heavy atom. The highest BCUT2D eigenvalue weighted by Gasteiger charge is 2.18. The number of amides is 1. The molecule has 0 aliphatic carbocycles. The first-order valence-corrected chi connectivity index (χ1v) is 8.68. The lowest BCUT2D eigenvalue weighted by Gasteiger charge is -2.19. The van der Waals surface area contributed by atoms with Crippen LogP contribution < -0.4 is 10.2 Å². The number of hydrogen-bond donors (Lipinski definition) is 1. The Kier molecular flexibility index (Phi) is 4.40. The summed E-state index contributed by atoms with van der Waals surface area (Å²) >= 11 is 0. The Labute approximate surface area is 152 Å². The highest BCUT2D eigenvalue weighted by Crippen LogP contribution is 2.28. The topological polar surface area (TPSA) is 32.3 Å². The highest BCUT2D eigenvalue weighted by molar-refractivity contribution is 6.04. The van der Waals surface area contributed by atoms with E-state index in [2.05, 4.69) is 34.5 Å². The van der Waals surface area contributed by atoms with Gasteiger partial charge in [0.15, 0.2) is 0 Å². The van der Waals surface area contributed by atoms with Gasteiger partial charge in [0.05, 0.1) is 0 Å². The van der Waals surface area contributed by atoms with Gasteiger partial charge in [-0.2, -0.15) is 0 Å². The molecule has 1 aliphatic rings. The summed E-state index contributed by atoms with van der Waals surface area (Å²) in [6.45, 7) is 1.84. The molecule has 0 unspecified atom stereocenters. The zero-order chi connectivity index (χ0) is 17.9. The van der Waals surface area contributed by atoms with Gasteiger partial charge < -0.3 is 10.2 Å². The number of hydrogen-bond acceptors (Lipinski definition) is 2. The van der Waals surface area contributed by atoms with Gasteiger partial charge in [-0.3, -0.25) is 4.79 Å². The van der Waals surface area contributed by atoms with Gasteiger partial charge in [-0.15, -0.1) is 0 Å². The largest absolute Gasteiger partial charge is 0.367 e. The van der Waals surface area contributed by atoms with Gasteiger partial charge in [-0.25, -0.2) is 4.39 Å². The first-order valence-electron chi connectivity index (χ1n) is 8.68. The maximum absolute atomic E-state index is 13.2. The van der Waals surface area contributed by atoms with Crippen LogP contribution in [-0.2, 0) is 13.0 Å². The molecule has 1 N–H and O–H groups in total. The summed E-state index contributed by atoms with van der Waals surface area (Å²) in [5.41, 5.74) is 4.84. The van der Waals surface area contributed by atoms with Crippen LogP contribution in [0.2, 0.25) is 0 Å². The van der Waals surface area contributed by atoms with Crippen LogP contribution in [0.15, 0.2) is 72.8 Å². The summed E-state index contributed by atoms with van der Waals surface area (Å²) in [6, 6.07) is 21.9. The number of nitrogens with one attached hydrogen (secondary N) is 1. The van der Waals surface area contributed by atoms with E-state index in [0.29, 0.717) is 11.3 Å². The van der Waals surface area contributed by atoms with Crippen molar-refractivity contribution in [2.24, 2.45) is 0 Å². The van der Waals surface area contributed by atoms with Crippen molar-refractivity contribution in [3.05, 3.63) is 95.3 Å². The SMILES string of the molecule is O=C(Nc1cccc(F)c1)c1ccc(CN2CCc3ccccc32)cc1. The number of fused-ring (bicyclic) bond motifs is 1. The predicted octanol–water partition coefficient (Wildman–Crippen LogP) is 4.64. The number of nitrogens with zero attached hydrogens (tertiary/aromatic N) is 1. The number of para-hydroxylation sites is 1. The van der Waals surface area contributed by atoms with Gasteiger partial charge in [0.1, 0.15) is 5.82 Å². The maximum atomic E-state index is 13.2. The molecular formula is C22H19FN2O. The average Bonchev–Trinajstić information content (AvgIpc) is 3.05. The molecule has 0 spiro atoms. The molecule has 0 fully saturated rings. The molecule has 3 nitrogen and oxygen atoms in total. The zero-order valence-corrected chi connectivity index (χ0v) is 14.3. The van der Waals surface area contributed by atoms with E-state index in [4.69, 9.17) is 0 Å². The molecule has 0 saturated carbocycles. The van der Waals surface area contributed by atoms with Crippen LogP contribution in [0.1, 0.15) is 21.5 Å².